The molecule has 7 aliphatic rings. The molecule has 5 aliphatic carbocycles. The van der Waals surface area contributed by atoms with E-state index in [9.17, 15) is 0 Å². The molecular weight excluding hydrogens is 558 g/mol. The Kier molecular flexibility index (Phi) is 8.00. The van der Waals surface area contributed by atoms with Gasteiger partial charge in [0.05, 0.1) is 0 Å². The van der Waals surface area contributed by atoms with Gasteiger partial charge in [-0.1, -0.05) is 66.7 Å². The first-order valence-corrected chi connectivity index (χ1v) is 19.0. The van der Waals surface area contributed by atoms with Crippen LogP contribution in [-0.4, -0.2) is 37.5 Å². The van der Waals surface area contributed by atoms with E-state index in [1.807, 2.05) is 5.57 Å². The minimum atomic E-state index is 0.0779. The van der Waals surface area contributed by atoms with Gasteiger partial charge in [0.1, 0.15) is 0 Å². The molecule has 228 valence electrons. The van der Waals surface area contributed by atoms with Crippen LogP contribution in [0, 0.1) is 40.9 Å². The van der Waals surface area contributed by atoms with Crippen molar-refractivity contribution in [3.63, 3.8) is 0 Å². The molecule has 2 aliphatic heterocycles. The Balaban J connectivity index is 1.41. The average Bonchev–Trinajstić information content (AvgIpc) is 3.48. The fourth-order valence-corrected chi connectivity index (χ4v) is 13.3. The van der Waals surface area contributed by atoms with Gasteiger partial charge < -0.3 is 10.6 Å². The first kappa shape index (κ1) is 29.1. The molecule has 2 aromatic carbocycles. The van der Waals surface area contributed by atoms with E-state index < -0.39 is 0 Å². The molecule has 4 bridgehead atoms. The van der Waals surface area contributed by atoms with Crippen LogP contribution in [0.25, 0.3) is 5.57 Å². The third-order valence-electron chi connectivity index (χ3n) is 13.2. The SMILES string of the molecule is PCC1C2CC3CC(C2)CC1(C1=C(C(P)(C2CCCNC2)C2CCCNC2)C=C(c2ccccc2)C1c1ccccc1)C3. The van der Waals surface area contributed by atoms with Crippen molar-refractivity contribution in [2.24, 2.45) is 40.9 Å². The van der Waals surface area contributed by atoms with E-state index in [-0.39, 0.29) is 5.16 Å². The van der Waals surface area contributed by atoms with Gasteiger partial charge in [-0.15, -0.1) is 18.5 Å². The van der Waals surface area contributed by atoms with Crippen molar-refractivity contribution < 1.29 is 0 Å². The second-order valence-corrected chi connectivity index (χ2v) is 16.7. The van der Waals surface area contributed by atoms with Crippen molar-refractivity contribution in [1.29, 1.82) is 0 Å². The fourth-order valence-electron chi connectivity index (χ4n) is 11.7. The Morgan fingerprint density at radius 2 is 1.40 bits per heavy atom. The van der Waals surface area contributed by atoms with E-state index >= 15 is 0 Å². The van der Waals surface area contributed by atoms with Crippen LogP contribution < -0.4 is 10.6 Å². The van der Waals surface area contributed by atoms with E-state index in [0.717, 1.165) is 36.8 Å². The van der Waals surface area contributed by atoms with Crippen molar-refractivity contribution >= 4 is 24.1 Å². The van der Waals surface area contributed by atoms with Crippen LogP contribution in [0.5, 0.6) is 0 Å². The second-order valence-electron chi connectivity index (χ2n) is 15.3. The van der Waals surface area contributed by atoms with Gasteiger partial charge in [-0.05, 0) is 159 Å². The Morgan fingerprint density at radius 1 is 0.791 bits per heavy atom. The first-order valence-electron chi connectivity index (χ1n) is 17.6. The van der Waals surface area contributed by atoms with Gasteiger partial charge >= 0.3 is 0 Å². The van der Waals surface area contributed by atoms with Crippen molar-refractivity contribution in [2.75, 3.05) is 32.3 Å². The Bertz CT molecular complexity index is 1320. The van der Waals surface area contributed by atoms with Gasteiger partial charge in [0.15, 0.2) is 0 Å². The van der Waals surface area contributed by atoms with Gasteiger partial charge in [0, 0.05) is 11.1 Å². The average molecular weight is 611 g/mol. The molecule has 2 nitrogen and oxygen atoms in total. The number of allylic oxidation sites excluding steroid dienone is 4. The van der Waals surface area contributed by atoms with Crippen molar-refractivity contribution in [2.45, 2.75) is 68.9 Å². The van der Waals surface area contributed by atoms with E-state index in [4.69, 9.17) is 0 Å². The molecule has 6 fully saturated rings. The highest BCUT2D eigenvalue weighted by Crippen LogP contribution is 2.71. The molecule has 2 N–H and O–H groups in total. The van der Waals surface area contributed by atoms with Crippen LogP contribution in [-0.2, 0) is 0 Å². The molecule has 0 spiro atoms. The van der Waals surface area contributed by atoms with Crippen molar-refractivity contribution in [1.82, 2.24) is 10.6 Å². The fraction of sp³-hybridized carbons (Fsp3) is 0.590. The zero-order chi connectivity index (χ0) is 29.0. The largest absolute Gasteiger partial charge is 0.316 e. The Hall–Kier alpha value is -1.30. The second kappa shape index (κ2) is 11.8. The summed E-state index contributed by atoms with van der Waals surface area (Å²) >= 11 is 0. The van der Waals surface area contributed by atoms with E-state index in [1.54, 1.807) is 11.1 Å². The summed E-state index contributed by atoms with van der Waals surface area (Å²) in [5.41, 5.74) is 8.43. The predicted molar refractivity (Wildman–Crippen MR) is 188 cm³/mol. The summed E-state index contributed by atoms with van der Waals surface area (Å²) < 4.78 is 0. The molecule has 2 saturated heterocycles. The predicted octanol–water partition coefficient (Wildman–Crippen LogP) is 8.09. The maximum Gasteiger partial charge on any atom is 0.0316 e. The molecule has 9 rings (SSSR count). The highest BCUT2D eigenvalue weighted by atomic mass is 31.0. The quantitative estimate of drug-likeness (QED) is 0.310. The van der Waals surface area contributed by atoms with Crippen molar-refractivity contribution in [3.8, 4) is 0 Å². The number of hydrogen-bond donors (Lipinski definition) is 2. The summed E-state index contributed by atoms with van der Waals surface area (Å²) in [6, 6.07) is 23.2. The zero-order valence-corrected chi connectivity index (χ0v) is 28.3. The summed E-state index contributed by atoms with van der Waals surface area (Å²) in [6.45, 7) is 4.65. The molecule has 8 atom stereocenters. The molecule has 2 aromatic rings. The molecule has 8 unspecified atom stereocenters. The van der Waals surface area contributed by atoms with E-state index in [2.05, 4.69) is 95.9 Å². The van der Waals surface area contributed by atoms with Crippen LogP contribution in [0.3, 0.4) is 0 Å². The highest BCUT2D eigenvalue weighted by Gasteiger charge is 2.61. The molecule has 0 aromatic heterocycles. The molecular formula is C39H52N2P2. The van der Waals surface area contributed by atoms with Crippen LogP contribution in [0.4, 0.5) is 0 Å². The molecule has 0 radical (unpaired) electrons. The summed E-state index contributed by atoms with van der Waals surface area (Å²) in [5.74, 6) is 5.17. The third kappa shape index (κ3) is 4.80. The van der Waals surface area contributed by atoms with Gasteiger partial charge in [-0.2, -0.15) is 0 Å². The standard InChI is InChI=1S/C39H52N2P2/c42-25-35-30-18-26-17-27(19-30)22-38(35,21-26)37-34(39(43,31-13-7-15-40-23-31)32-14-8-16-41-24-32)20-33(28-9-3-1-4-10-28)36(37)29-11-5-2-6-12-29/h1-6,9-12,20,26-27,30-32,35-36,40-41H,7-8,13-19,21-25,42-43H2. The lowest BCUT2D eigenvalue weighted by molar-refractivity contribution is -0.0801. The van der Waals surface area contributed by atoms with Gasteiger partial charge in [-0.3, -0.25) is 0 Å². The van der Waals surface area contributed by atoms with Gasteiger partial charge in [-0.25, -0.2) is 0 Å². The molecule has 4 saturated carbocycles. The maximum atomic E-state index is 3.88. The summed E-state index contributed by atoms with van der Waals surface area (Å²) in [7, 11) is 6.93. The number of rotatable bonds is 7. The number of benzene rings is 2. The Labute approximate surface area is 265 Å². The highest BCUT2D eigenvalue weighted by molar-refractivity contribution is 7.19. The summed E-state index contributed by atoms with van der Waals surface area (Å²) in [5, 5.41) is 7.84. The number of nitrogens with one attached hydrogen (secondary N) is 2. The minimum absolute atomic E-state index is 0.0779. The number of hydrogen-bond acceptors (Lipinski definition) is 2. The Morgan fingerprint density at radius 3 is 1.95 bits per heavy atom. The summed E-state index contributed by atoms with van der Waals surface area (Å²) in [4.78, 5) is 0. The third-order valence-corrected chi connectivity index (χ3v) is 14.9. The van der Waals surface area contributed by atoms with E-state index in [0.29, 0.717) is 23.2 Å². The molecule has 2 heterocycles. The first-order chi connectivity index (χ1) is 21.1. The topological polar surface area (TPSA) is 24.1 Å². The van der Waals surface area contributed by atoms with E-state index in [1.165, 1.54) is 88.2 Å². The monoisotopic (exact) mass is 610 g/mol. The van der Waals surface area contributed by atoms with Crippen LogP contribution in [0.1, 0.15) is 74.8 Å². The summed E-state index contributed by atoms with van der Waals surface area (Å²) in [6.07, 6.45) is 16.6. The van der Waals surface area contributed by atoms with Crippen LogP contribution in [0.2, 0.25) is 0 Å². The minimum Gasteiger partial charge on any atom is -0.316 e. The van der Waals surface area contributed by atoms with Crippen LogP contribution in [0.15, 0.2) is 77.9 Å². The van der Waals surface area contributed by atoms with Gasteiger partial charge in [0.2, 0.25) is 0 Å². The smallest absolute Gasteiger partial charge is 0.0316 e. The maximum absolute atomic E-state index is 3.88. The lowest BCUT2D eigenvalue weighted by Crippen LogP contribution is -2.56. The van der Waals surface area contributed by atoms with Gasteiger partial charge in [0.25, 0.3) is 0 Å². The normalized spacial score (nSPS) is 38.7. The van der Waals surface area contributed by atoms with Crippen LogP contribution >= 0.6 is 18.5 Å². The lowest BCUT2D eigenvalue weighted by atomic mass is 9.42. The molecule has 43 heavy (non-hydrogen) atoms. The molecule has 0 amide bonds. The zero-order valence-electron chi connectivity index (χ0n) is 25.9. The molecule has 4 heteroatoms. The van der Waals surface area contributed by atoms with Crippen molar-refractivity contribution in [3.05, 3.63) is 89.0 Å². The number of piperidine rings is 2. The lowest BCUT2D eigenvalue weighted by Gasteiger charge is -2.64.